The van der Waals surface area contributed by atoms with Crippen LogP contribution in [0.25, 0.3) is 0 Å². The summed E-state index contributed by atoms with van der Waals surface area (Å²) < 4.78 is 0. The summed E-state index contributed by atoms with van der Waals surface area (Å²) >= 11 is 0. The summed E-state index contributed by atoms with van der Waals surface area (Å²) in [4.78, 5) is 27.1. The topological polar surface area (TPSA) is 95.7 Å². The van der Waals surface area contributed by atoms with Crippen LogP contribution in [0.3, 0.4) is 0 Å². The molecular weight excluding hydrogens is 366 g/mol. The maximum atomic E-state index is 13.2. The largest absolute Gasteiger partial charge is 0.393 e. The number of carbonyl (C=O) groups excluding carboxylic acids is 2. The molecule has 2 aliphatic carbocycles. The van der Waals surface area contributed by atoms with Crippen LogP contribution in [0.15, 0.2) is 29.3 Å². The third-order valence-corrected chi connectivity index (χ3v) is 6.71. The van der Waals surface area contributed by atoms with E-state index in [0.717, 1.165) is 69.0 Å². The molecule has 29 heavy (non-hydrogen) atoms. The Hall–Kier alpha value is -2.34. The molecule has 0 bridgehead atoms. The van der Waals surface area contributed by atoms with E-state index in [9.17, 15) is 14.7 Å². The Kier molecular flexibility index (Phi) is 5.63. The van der Waals surface area contributed by atoms with E-state index in [1.54, 1.807) is 6.07 Å². The van der Waals surface area contributed by atoms with Gasteiger partial charge in [-0.15, -0.1) is 0 Å². The molecule has 1 aromatic rings. The van der Waals surface area contributed by atoms with Gasteiger partial charge < -0.3 is 21.1 Å². The minimum absolute atomic E-state index is 0.105. The first-order valence-corrected chi connectivity index (χ1v) is 10.9. The second-order valence-electron chi connectivity index (χ2n) is 8.54. The Bertz CT molecular complexity index is 840. The number of amides is 2. The molecule has 0 spiro atoms. The number of primary amides is 1. The zero-order chi connectivity index (χ0) is 20.5. The highest BCUT2D eigenvalue weighted by Crippen LogP contribution is 2.41. The van der Waals surface area contributed by atoms with Crippen molar-refractivity contribution in [2.45, 2.75) is 82.9 Å². The van der Waals surface area contributed by atoms with Crippen molar-refractivity contribution in [3.05, 3.63) is 34.9 Å². The maximum Gasteiger partial charge on any atom is 0.254 e. The molecule has 1 atom stereocenters. The highest BCUT2D eigenvalue weighted by molar-refractivity contribution is 6.11. The first-order valence-electron chi connectivity index (χ1n) is 10.9. The van der Waals surface area contributed by atoms with Gasteiger partial charge >= 0.3 is 0 Å². The lowest BCUT2D eigenvalue weighted by atomic mass is 9.88. The Balaban J connectivity index is 1.64. The molecule has 4 N–H and O–H groups in total. The summed E-state index contributed by atoms with van der Waals surface area (Å²) in [7, 11) is 0. The highest BCUT2D eigenvalue weighted by Gasteiger charge is 2.40. The zero-order valence-corrected chi connectivity index (χ0v) is 17.1. The van der Waals surface area contributed by atoms with E-state index >= 15 is 0 Å². The molecule has 2 saturated carbocycles. The smallest absolute Gasteiger partial charge is 0.254 e. The average molecular weight is 398 g/mol. The first-order chi connectivity index (χ1) is 14.0. The van der Waals surface area contributed by atoms with Crippen molar-refractivity contribution in [1.29, 1.82) is 0 Å². The number of benzene rings is 1. The van der Waals surface area contributed by atoms with Crippen LogP contribution in [-0.2, 0) is 4.79 Å². The molecule has 1 heterocycles. The predicted octanol–water partition coefficient (Wildman–Crippen LogP) is 3.50. The summed E-state index contributed by atoms with van der Waals surface area (Å²) in [6, 6.07) is 5.82. The second-order valence-corrected chi connectivity index (χ2v) is 8.54. The quantitative estimate of drug-likeness (QED) is 0.709. The standard InChI is InChI=1S/C23H31N3O3/c1-2-17-18-5-3-4-6-21(18)26(23(17)29)15-9-12-19(22(24)28)20(13-15)25-14-7-10-16(27)11-8-14/h9,12-14,16,21,25,27H,2-8,10-11H2,1H3,(H2,24,28). The van der Waals surface area contributed by atoms with Gasteiger partial charge in [-0.25, -0.2) is 0 Å². The van der Waals surface area contributed by atoms with Crippen LogP contribution in [0.4, 0.5) is 11.4 Å². The molecule has 1 unspecified atom stereocenters. The van der Waals surface area contributed by atoms with E-state index in [1.807, 2.05) is 17.0 Å². The van der Waals surface area contributed by atoms with Crippen LogP contribution >= 0.6 is 0 Å². The summed E-state index contributed by atoms with van der Waals surface area (Å²) in [6.07, 6.45) is 8.00. The number of rotatable bonds is 5. The summed E-state index contributed by atoms with van der Waals surface area (Å²) in [5.74, 6) is -0.374. The van der Waals surface area contributed by atoms with Crippen LogP contribution in [-0.4, -0.2) is 35.1 Å². The van der Waals surface area contributed by atoms with Crippen LogP contribution in [0.2, 0.25) is 0 Å². The van der Waals surface area contributed by atoms with E-state index in [0.29, 0.717) is 11.3 Å². The van der Waals surface area contributed by atoms with Gasteiger partial charge in [0.2, 0.25) is 0 Å². The molecule has 3 aliphatic rings. The molecule has 0 saturated heterocycles. The minimum atomic E-state index is -0.478. The zero-order valence-electron chi connectivity index (χ0n) is 17.1. The number of hydrogen-bond acceptors (Lipinski definition) is 4. The number of nitrogens with zero attached hydrogens (tertiary/aromatic N) is 1. The number of aliphatic hydroxyl groups excluding tert-OH is 1. The van der Waals surface area contributed by atoms with Crippen LogP contribution in [0.1, 0.15) is 75.1 Å². The predicted molar refractivity (Wildman–Crippen MR) is 114 cm³/mol. The summed E-state index contributed by atoms with van der Waals surface area (Å²) in [6.45, 7) is 2.05. The molecule has 156 valence electrons. The van der Waals surface area contributed by atoms with Gasteiger partial charge in [-0.2, -0.15) is 0 Å². The SMILES string of the molecule is CCC1=C2CCCCC2N(c2ccc(C(N)=O)c(NC3CCC(O)CC3)c2)C1=O. The number of hydrogen-bond donors (Lipinski definition) is 3. The maximum absolute atomic E-state index is 13.2. The van der Waals surface area contributed by atoms with Gasteiger partial charge in [-0.1, -0.05) is 13.3 Å². The lowest BCUT2D eigenvalue weighted by molar-refractivity contribution is -0.114. The minimum Gasteiger partial charge on any atom is -0.393 e. The molecule has 6 nitrogen and oxygen atoms in total. The molecule has 0 aromatic heterocycles. The molecule has 1 aliphatic heterocycles. The Labute approximate surface area is 172 Å². The van der Waals surface area contributed by atoms with Crippen molar-refractivity contribution in [3.63, 3.8) is 0 Å². The van der Waals surface area contributed by atoms with Gasteiger partial charge in [0.25, 0.3) is 11.8 Å². The molecule has 2 fully saturated rings. The normalized spacial score (nSPS) is 27.2. The van der Waals surface area contributed by atoms with Crippen molar-refractivity contribution >= 4 is 23.2 Å². The molecule has 4 rings (SSSR count). The Morgan fingerprint density at radius 2 is 1.97 bits per heavy atom. The molecule has 2 amide bonds. The van der Waals surface area contributed by atoms with E-state index in [-0.39, 0.29) is 24.1 Å². The van der Waals surface area contributed by atoms with E-state index < -0.39 is 5.91 Å². The summed E-state index contributed by atoms with van der Waals surface area (Å²) in [5.41, 5.74) is 9.84. The molecular formula is C23H31N3O3. The van der Waals surface area contributed by atoms with Gasteiger partial charge in [0, 0.05) is 23.0 Å². The average Bonchev–Trinajstić information content (AvgIpc) is 3.00. The van der Waals surface area contributed by atoms with Gasteiger partial charge in [-0.3, -0.25) is 9.59 Å². The van der Waals surface area contributed by atoms with Crippen molar-refractivity contribution in [3.8, 4) is 0 Å². The number of fused-ring (bicyclic) bond motifs is 1. The first kappa shape index (κ1) is 20.0. The molecule has 6 heteroatoms. The van der Waals surface area contributed by atoms with Crippen molar-refractivity contribution in [1.82, 2.24) is 0 Å². The fourth-order valence-corrected chi connectivity index (χ4v) is 5.19. The lowest BCUT2D eigenvalue weighted by Crippen LogP contribution is -2.37. The molecule has 1 aromatic carbocycles. The molecule has 0 radical (unpaired) electrons. The van der Waals surface area contributed by atoms with E-state index in [1.165, 1.54) is 5.57 Å². The van der Waals surface area contributed by atoms with Crippen LogP contribution < -0.4 is 16.0 Å². The van der Waals surface area contributed by atoms with Gasteiger partial charge in [0.15, 0.2) is 0 Å². The monoisotopic (exact) mass is 397 g/mol. The lowest BCUT2D eigenvalue weighted by Gasteiger charge is -2.31. The number of carbonyl (C=O) groups is 2. The van der Waals surface area contributed by atoms with Crippen molar-refractivity contribution < 1.29 is 14.7 Å². The van der Waals surface area contributed by atoms with Crippen LogP contribution in [0.5, 0.6) is 0 Å². The fraction of sp³-hybridized carbons (Fsp3) is 0.565. The van der Waals surface area contributed by atoms with Crippen LogP contribution in [0, 0.1) is 0 Å². The van der Waals surface area contributed by atoms with Crippen molar-refractivity contribution in [2.75, 3.05) is 10.2 Å². The third kappa shape index (κ3) is 3.78. The second kappa shape index (κ2) is 8.19. The fourth-order valence-electron chi connectivity index (χ4n) is 5.19. The number of aliphatic hydroxyl groups is 1. The number of anilines is 2. The number of nitrogens with two attached hydrogens (primary N) is 1. The number of nitrogens with one attached hydrogen (secondary N) is 1. The van der Waals surface area contributed by atoms with Gasteiger partial charge in [0.1, 0.15) is 0 Å². The van der Waals surface area contributed by atoms with Gasteiger partial charge in [-0.05, 0) is 75.1 Å². The van der Waals surface area contributed by atoms with Crippen molar-refractivity contribution in [2.24, 2.45) is 5.73 Å². The summed E-state index contributed by atoms with van der Waals surface area (Å²) in [5, 5.41) is 13.2. The Morgan fingerprint density at radius 3 is 2.66 bits per heavy atom. The van der Waals surface area contributed by atoms with Gasteiger partial charge in [0.05, 0.1) is 17.7 Å². The third-order valence-electron chi connectivity index (χ3n) is 6.71. The van der Waals surface area contributed by atoms with E-state index in [2.05, 4.69) is 12.2 Å². The Morgan fingerprint density at radius 1 is 1.21 bits per heavy atom. The highest BCUT2D eigenvalue weighted by atomic mass is 16.3. The van der Waals surface area contributed by atoms with E-state index in [4.69, 9.17) is 5.73 Å².